The summed E-state index contributed by atoms with van der Waals surface area (Å²) in [5, 5.41) is 0. The van der Waals surface area contributed by atoms with Crippen LogP contribution in [0.2, 0.25) is 0 Å². The smallest absolute Gasteiger partial charge is 0.240 e. The second-order valence-electron chi connectivity index (χ2n) is 3.99. The number of hydrogen-bond donors (Lipinski definition) is 1. The molecule has 0 radical (unpaired) electrons. The molecule has 2 rings (SSSR count). The van der Waals surface area contributed by atoms with Crippen molar-refractivity contribution in [1.82, 2.24) is 4.72 Å². The van der Waals surface area contributed by atoms with Gasteiger partial charge in [0, 0.05) is 12.6 Å². The van der Waals surface area contributed by atoms with Gasteiger partial charge in [0.1, 0.15) is 0 Å². The first kappa shape index (κ1) is 11.6. The van der Waals surface area contributed by atoms with Crippen LogP contribution in [-0.2, 0) is 14.8 Å². The first-order valence-electron chi connectivity index (χ1n) is 5.25. The first-order valence-corrected chi connectivity index (χ1v) is 6.73. The highest BCUT2D eigenvalue weighted by molar-refractivity contribution is 7.89. The molecule has 1 heterocycles. The Morgan fingerprint density at radius 3 is 2.56 bits per heavy atom. The third-order valence-electron chi connectivity index (χ3n) is 2.58. The molecule has 0 aromatic heterocycles. The van der Waals surface area contributed by atoms with Crippen LogP contribution in [0.25, 0.3) is 0 Å². The highest BCUT2D eigenvalue weighted by atomic mass is 32.2. The summed E-state index contributed by atoms with van der Waals surface area (Å²) in [6.45, 7) is 3.01. The Hall–Kier alpha value is -0.910. The van der Waals surface area contributed by atoms with Gasteiger partial charge in [-0.1, -0.05) is 17.7 Å². The van der Waals surface area contributed by atoms with Gasteiger partial charge in [-0.15, -0.1) is 0 Å². The van der Waals surface area contributed by atoms with Crippen molar-refractivity contribution in [2.24, 2.45) is 0 Å². The highest BCUT2D eigenvalue weighted by Crippen LogP contribution is 2.13. The second-order valence-corrected chi connectivity index (χ2v) is 5.71. The Morgan fingerprint density at radius 1 is 1.31 bits per heavy atom. The Morgan fingerprint density at radius 2 is 2.00 bits per heavy atom. The number of aryl methyl sites for hydroxylation is 1. The van der Waals surface area contributed by atoms with E-state index in [4.69, 9.17) is 4.74 Å². The molecule has 1 aliphatic heterocycles. The molecular weight excluding hydrogens is 226 g/mol. The van der Waals surface area contributed by atoms with Crippen molar-refractivity contribution in [2.75, 3.05) is 13.2 Å². The Balaban J connectivity index is 2.14. The molecule has 1 aliphatic rings. The molecule has 1 saturated heterocycles. The van der Waals surface area contributed by atoms with E-state index in [-0.39, 0.29) is 6.04 Å². The van der Waals surface area contributed by atoms with Crippen LogP contribution in [0.15, 0.2) is 29.2 Å². The lowest BCUT2D eigenvalue weighted by molar-refractivity contribution is 0.192. The van der Waals surface area contributed by atoms with E-state index in [1.807, 2.05) is 6.92 Å². The van der Waals surface area contributed by atoms with Crippen LogP contribution in [0.5, 0.6) is 0 Å². The Bertz CT molecular complexity index is 447. The van der Waals surface area contributed by atoms with Crippen molar-refractivity contribution in [2.45, 2.75) is 24.3 Å². The minimum absolute atomic E-state index is 0.0914. The quantitative estimate of drug-likeness (QED) is 0.861. The van der Waals surface area contributed by atoms with Crippen LogP contribution in [0.3, 0.4) is 0 Å². The lowest BCUT2D eigenvalue weighted by Gasteiger charge is -2.11. The molecule has 1 atom stereocenters. The minimum Gasteiger partial charge on any atom is -0.380 e. The fraction of sp³-hybridized carbons (Fsp3) is 0.455. The van der Waals surface area contributed by atoms with Gasteiger partial charge in [-0.3, -0.25) is 0 Å². The van der Waals surface area contributed by atoms with E-state index in [2.05, 4.69) is 4.72 Å². The fourth-order valence-electron chi connectivity index (χ4n) is 1.63. The van der Waals surface area contributed by atoms with E-state index < -0.39 is 10.0 Å². The summed E-state index contributed by atoms with van der Waals surface area (Å²) in [4.78, 5) is 0.310. The summed E-state index contributed by atoms with van der Waals surface area (Å²) in [7, 11) is -3.39. The Labute approximate surface area is 95.7 Å². The molecule has 1 aromatic carbocycles. The van der Waals surface area contributed by atoms with Crippen LogP contribution in [0.4, 0.5) is 0 Å². The van der Waals surface area contributed by atoms with E-state index in [0.717, 1.165) is 12.0 Å². The molecule has 0 spiro atoms. The van der Waals surface area contributed by atoms with Crippen molar-refractivity contribution in [1.29, 1.82) is 0 Å². The van der Waals surface area contributed by atoms with Gasteiger partial charge in [-0.05, 0) is 25.5 Å². The lowest BCUT2D eigenvalue weighted by atomic mass is 10.2. The fourth-order valence-corrected chi connectivity index (χ4v) is 2.89. The van der Waals surface area contributed by atoms with Crippen molar-refractivity contribution in [3.05, 3.63) is 29.8 Å². The number of nitrogens with one attached hydrogen (secondary N) is 1. The molecular formula is C11H15NO3S. The molecule has 1 fully saturated rings. The summed E-state index contributed by atoms with van der Waals surface area (Å²) in [5.74, 6) is 0. The zero-order valence-electron chi connectivity index (χ0n) is 9.14. The van der Waals surface area contributed by atoms with E-state index in [0.29, 0.717) is 18.1 Å². The van der Waals surface area contributed by atoms with Crippen molar-refractivity contribution >= 4 is 10.0 Å². The van der Waals surface area contributed by atoms with E-state index in [1.165, 1.54) is 0 Å². The van der Waals surface area contributed by atoms with Gasteiger partial charge in [0.2, 0.25) is 10.0 Å². The molecule has 1 unspecified atom stereocenters. The van der Waals surface area contributed by atoms with Crippen LogP contribution in [0.1, 0.15) is 12.0 Å². The van der Waals surface area contributed by atoms with Crippen molar-refractivity contribution < 1.29 is 13.2 Å². The maximum atomic E-state index is 11.9. The molecule has 1 aromatic rings. The van der Waals surface area contributed by atoms with Crippen LogP contribution >= 0.6 is 0 Å². The molecule has 4 nitrogen and oxygen atoms in total. The molecule has 88 valence electrons. The summed E-state index contributed by atoms with van der Waals surface area (Å²) < 4.78 is 31.6. The zero-order chi connectivity index (χ0) is 11.6. The van der Waals surface area contributed by atoms with Crippen LogP contribution in [0, 0.1) is 6.92 Å². The van der Waals surface area contributed by atoms with E-state index in [9.17, 15) is 8.42 Å². The summed E-state index contributed by atoms with van der Waals surface area (Å²) in [6.07, 6.45) is 0.741. The molecule has 0 amide bonds. The zero-order valence-corrected chi connectivity index (χ0v) is 9.96. The van der Waals surface area contributed by atoms with Gasteiger partial charge in [0.25, 0.3) is 0 Å². The van der Waals surface area contributed by atoms with Gasteiger partial charge < -0.3 is 4.74 Å². The van der Waals surface area contributed by atoms with Gasteiger partial charge in [-0.2, -0.15) is 0 Å². The number of ether oxygens (including phenoxy) is 1. The van der Waals surface area contributed by atoms with Crippen LogP contribution < -0.4 is 4.72 Å². The molecule has 0 saturated carbocycles. The van der Waals surface area contributed by atoms with Gasteiger partial charge in [0.05, 0.1) is 11.5 Å². The third-order valence-corrected chi connectivity index (χ3v) is 4.12. The van der Waals surface area contributed by atoms with Gasteiger partial charge in [-0.25, -0.2) is 13.1 Å². The summed E-state index contributed by atoms with van der Waals surface area (Å²) in [5.41, 5.74) is 1.04. The molecule has 16 heavy (non-hydrogen) atoms. The van der Waals surface area contributed by atoms with Crippen molar-refractivity contribution in [3.63, 3.8) is 0 Å². The maximum absolute atomic E-state index is 11.9. The monoisotopic (exact) mass is 241 g/mol. The SMILES string of the molecule is Cc1ccc(S(=O)(=O)NC2CCOC2)cc1. The van der Waals surface area contributed by atoms with Gasteiger partial charge >= 0.3 is 0 Å². The Kier molecular flexibility index (Phi) is 3.28. The normalized spacial score (nSPS) is 21.2. The number of hydrogen-bond acceptors (Lipinski definition) is 3. The van der Waals surface area contributed by atoms with E-state index >= 15 is 0 Å². The number of sulfonamides is 1. The minimum atomic E-state index is -3.39. The predicted molar refractivity (Wildman–Crippen MR) is 60.7 cm³/mol. The van der Waals surface area contributed by atoms with Crippen LogP contribution in [-0.4, -0.2) is 27.7 Å². The standard InChI is InChI=1S/C11H15NO3S/c1-9-2-4-11(5-3-9)16(13,14)12-10-6-7-15-8-10/h2-5,10,12H,6-8H2,1H3. The average molecular weight is 241 g/mol. The second kappa shape index (κ2) is 4.53. The number of rotatable bonds is 3. The molecule has 5 heteroatoms. The lowest BCUT2D eigenvalue weighted by Crippen LogP contribution is -2.34. The molecule has 0 bridgehead atoms. The highest BCUT2D eigenvalue weighted by Gasteiger charge is 2.23. The summed E-state index contributed by atoms with van der Waals surface area (Å²) >= 11 is 0. The number of benzene rings is 1. The van der Waals surface area contributed by atoms with Crippen molar-refractivity contribution in [3.8, 4) is 0 Å². The average Bonchev–Trinajstić information content (AvgIpc) is 2.70. The largest absolute Gasteiger partial charge is 0.380 e. The topological polar surface area (TPSA) is 55.4 Å². The summed E-state index contributed by atoms with van der Waals surface area (Å²) in [6, 6.07) is 6.73. The maximum Gasteiger partial charge on any atom is 0.240 e. The molecule has 0 aliphatic carbocycles. The van der Waals surface area contributed by atoms with Gasteiger partial charge in [0.15, 0.2) is 0 Å². The first-order chi connectivity index (χ1) is 7.58. The predicted octanol–water partition coefficient (Wildman–Crippen LogP) is 1.06. The third kappa shape index (κ3) is 2.61. The molecule has 1 N–H and O–H groups in total. The van der Waals surface area contributed by atoms with E-state index in [1.54, 1.807) is 24.3 Å².